The Labute approximate surface area is 140 Å². The molecule has 0 bridgehead atoms. The molecule has 2 aromatic rings. The third kappa shape index (κ3) is 3.00. The number of nitrogens with one attached hydrogen (secondary N) is 1. The molecule has 2 aliphatic rings. The number of ether oxygens (including phenoxy) is 1. The predicted octanol–water partition coefficient (Wildman–Crippen LogP) is 4.10. The van der Waals surface area contributed by atoms with E-state index in [0.29, 0.717) is 12.3 Å². The molecule has 0 saturated heterocycles. The summed E-state index contributed by atoms with van der Waals surface area (Å²) < 4.78 is 5.84. The van der Waals surface area contributed by atoms with Gasteiger partial charge in [0.1, 0.15) is 5.75 Å². The van der Waals surface area contributed by atoms with Crippen LogP contribution in [-0.4, -0.2) is 12.0 Å². The van der Waals surface area contributed by atoms with Crippen molar-refractivity contribution in [1.29, 1.82) is 0 Å². The van der Waals surface area contributed by atoms with Gasteiger partial charge < -0.3 is 10.1 Å². The lowest BCUT2D eigenvalue weighted by Crippen LogP contribution is -2.41. The summed E-state index contributed by atoms with van der Waals surface area (Å²) in [6, 6.07) is 12.3. The van der Waals surface area contributed by atoms with E-state index in [4.69, 9.17) is 4.74 Å². The molecule has 4 rings (SSSR count). The quantitative estimate of drug-likeness (QED) is 0.918. The number of amides is 1. The van der Waals surface area contributed by atoms with Gasteiger partial charge >= 0.3 is 0 Å². The Balaban J connectivity index is 1.48. The van der Waals surface area contributed by atoms with Gasteiger partial charge in [-0.2, -0.15) is 0 Å². The average Bonchev–Trinajstić information content (AvgIpc) is 3.33. The van der Waals surface area contributed by atoms with Crippen LogP contribution in [-0.2, 0) is 11.2 Å². The van der Waals surface area contributed by atoms with Crippen molar-refractivity contribution < 1.29 is 9.53 Å². The van der Waals surface area contributed by atoms with Crippen LogP contribution in [0.15, 0.2) is 41.8 Å². The van der Waals surface area contributed by atoms with Gasteiger partial charge in [-0.1, -0.05) is 37.1 Å². The van der Waals surface area contributed by atoms with Gasteiger partial charge in [0, 0.05) is 11.3 Å². The van der Waals surface area contributed by atoms with Crippen LogP contribution in [0, 0.1) is 5.92 Å². The smallest absolute Gasteiger partial charge is 0.261 e. The van der Waals surface area contributed by atoms with Gasteiger partial charge in [0.25, 0.3) is 5.91 Å². The maximum Gasteiger partial charge on any atom is 0.261 e. The standard InChI is InChI=1S/C19H21NO2S/c21-19(16-12-14-8-3-4-9-15(14)22-16)20-18(13-6-1-2-7-13)17-10-5-11-23-17/h3-5,8-11,13,16,18H,1-2,6-7,12H2,(H,20,21)/t16-,18+/m0/s1. The number of para-hydroxylation sites is 1. The van der Waals surface area contributed by atoms with Crippen molar-refractivity contribution in [3.05, 3.63) is 52.2 Å². The molecule has 1 aromatic heterocycles. The Morgan fingerprint density at radius 3 is 2.74 bits per heavy atom. The van der Waals surface area contributed by atoms with E-state index >= 15 is 0 Å². The summed E-state index contributed by atoms with van der Waals surface area (Å²) in [6.45, 7) is 0. The fourth-order valence-corrected chi connectivity index (χ4v) is 4.62. The van der Waals surface area contributed by atoms with Crippen LogP contribution in [0.1, 0.15) is 42.2 Å². The molecule has 0 radical (unpaired) electrons. The fourth-order valence-electron chi connectivity index (χ4n) is 3.75. The summed E-state index contributed by atoms with van der Waals surface area (Å²) in [4.78, 5) is 14.0. The summed E-state index contributed by atoms with van der Waals surface area (Å²) in [6.07, 6.45) is 5.23. The van der Waals surface area contributed by atoms with Gasteiger partial charge in [0.2, 0.25) is 0 Å². The zero-order chi connectivity index (χ0) is 15.6. The van der Waals surface area contributed by atoms with E-state index in [2.05, 4.69) is 22.8 Å². The van der Waals surface area contributed by atoms with Crippen molar-refractivity contribution in [2.75, 3.05) is 0 Å². The molecule has 2 atom stereocenters. The summed E-state index contributed by atoms with van der Waals surface area (Å²) in [5.74, 6) is 1.43. The fraction of sp³-hybridized carbons (Fsp3) is 0.421. The van der Waals surface area contributed by atoms with E-state index in [1.165, 1.54) is 30.6 Å². The van der Waals surface area contributed by atoms with Crippen molar-refractivity contribution in [3.63, 3.8) is 0 Å². The molecule has 1 aromatic carbocycles. The number of carbonyl (C=O) groups is 1. The number of rotatable bonds is 4. The van der Waals surface area contributed by atoms with Crippen molar-refractivity contribution in [1.82, 2.24) is 5.32 Å². The van der Waals surface area contributed by atoms with E-state index in [0.717, 1.165) is 11.3 Å². The predicted molar refractivity (Wildman–Crippen MR) is 91.7 cm³/mol. The number of hydrogen-bond acceptors (Lipinski definition) is 3. The average molecular weight is 327 g/mol. The van der Waals surface area contributed by atoms with Gasteiger partial charge in [-0.3, -0.25) is 4.79 Å². The molecule has 120 valence electrons. The second kappa shape index (κ2) is 6.36. The van der Waals surface area contributed by atoms with Gasteiger partial charge in [-0.05, 0) is 41.8 Å². The Bertz CT molecular complexity index is 651. The Morgan fingerprint density at radius 2 is 2.00 bits per heavy atom. The molecule has 0 unspecified atom stereocenters. The Kier molecular flexibility index (Phi) is 4.08. The Morgan fingerprint density at radius 1 is 1.17 bits per heavy atom. The molecule has 1 N–H and O–H groups in total. The molecule has 23 heavy (non-hydrogen) atoms. The topological polar surface area (TPSA) is 38.3 Å². The SMILES string of the molecule is O=C(N[C@@H](c1cccs1)C1CCCC1)[C@@H]1Cc2ccccc2O1. The minimum atomic E-state index is -0.392. The molecule has 1 fully saturated rings. The van der Waals surface area contributed by atoms with Gasteiger partial charge in [-0.15, -0.1) is 11.3 Å². The molecule has 1 aliphatic carbocycles. The van der Waals surface area contributed by atoms with Crippen LogP contribution in [0.3, 0.4) is 0 Å². The number of benzene rings is 1. The van der Waals surface area contributed by atoms with E-state index in [9.17, 15) is 4.79 Å². The first-order valence-corrected chi connectivity index (χ1v) is 9.27. The first-order valence-electron chi connectivity index (χ1n) is 8.39. The largest absolute Gasteiger partial charge is 0.480 e. The lowest BCUT2D eigenvalue weighted by atomic mass is 9.96. The highest BCUT2D eigenvalue weighted by Crippen LogP contribution is 2.38. The Hall–Kier alpha value is -1.81. The third-order valence-corrected chi connectivity index (χ3v) is 5.91. The highest BCUT2D eigenvalue weighted by Gasteiger charge is 2.33. The summed E-state index contributed by atoms with van der Waals surface area (Å²) in [5.41, 5.74) is 1.13. The summed E-state index contributed by atoms with van der Waals surface area (Å²) in [5, 5.41) is 5.37. The summed E-state index contributed by atoms with van der Waals surface area (Å²) in [7, 11) is 0. The molecule has 3 nitrogen and oxygen atoms in total. The number of fused-ring (bicyclic) bond motifs is 1. The van der Waals surface area contributed by atoms with E-state index in [1.807, 2.05) is 24.3 Å². The number of hydrogen-bond donors (Lipinski definition) is 1. The maximum atomic E-state index is 12.7. The highest BCUT2D eigenvalue weighted by molar-refractivity contribution is 7.10. The van der Waals surface area contributed by atoms with Crippen LogP contribution >= 0.6 is 11.3 Å². The molecule has 4 heteroatoms. The van der Waals surface area contributed by atoms with Crippen LogP contribution < -0.4 is 10.1 Å². The number of carbonyl (C=O) groups excluding carboxylic acids is 1. The molecule has 1 amide bonds. The first kappa shape index (κ1) is 14.8. The molecule has 1 saturated carbocycles. The van der Waals surface area contributed by atoms with Crippen molar-refractivity contribution in [2.45, 2.75) is 44.2 Å². The zero-order valence-electron chi connectivity index (χ0n) is 13.0. The van der Waals surface area contributed by atoms with E-state index in [-0.39, 0.29) is 11.9 Å². The van der Waals surface area contributed by atoms with Gasteiger partial charge in [0.15, 0.2) is 6.10 Å². The monoisotopic (exact) mass is 327 g/mol. The van der Waals surface area contributed by atoms with Gasteiger partial charge in [0.05, 0.1) is 6.04 Å². The second-order valence-electron chi connectivity index (χ2n) is 6.46. The van der Waals surface area contributed by atoms with Crippen LogP contribution in [0.2, 0.25) is 0 Å². The minimum absolute atomic E-state index is 0.0199. The molecule has 0 spiro atoms. The second-order valence-corrected chi connectivity index (χ2v) is 7.44. The van der Waals surface area contributed by atoms with Crippen LogP contribution in [0.5, 0.6) is 5.75 Å². The summed E-state index contributed by atoms with van der Waals surface area (Å²) >= 11 is 1.73. The molecular formula is C19H21NO2S. The van der Waals surface area contributed by atoms with Crippen LogP contribution in [0.25, 0.3) is 0 Å². The number of thiophene rings is 1. The molecular weight excluding hydrogens is 306 g/mol. The minimum Gasteiger partial charge on any atom is -0.480 e. The normalized spacial score (nSPS) is 21.7. The van der Waals surface area contributed by atoms with Crippen LogP contribution in [0.4, 0.5) is 0 Å². The molecule has 1 aliphatic heterocycles. The maximum absolute atomic E-state index is 12.7. The zero-order valence-corrected chi connectivity index (χ0v) is 13.9. The first-order chi connectivity index (χ1) is 11.3. The van der Waals surface area contributed by atoms with E-state index < -0.39 is 6.10 Å². The van der Waals surface area contributed by atoms with Crippen molar-refractivity contribution >= 4 is 17.2 Å². The lowest BCUT2D eigenvalue weighted by molar-refractivity contribution is -0.128. The molecule has 2 heterocycles. The highest BCUT2D eigenvalue weighted by atomic mass is 32.1. The third-order valence-electron chi connectivity index (χ3n) is 4.96. The van der Waals surface area contributed by atoms with Gasteiger partial charge in [-0.25, -0.2) is 0 Å². The van der Waals surface area contributed by atoms with Crippen molar-refractivity contribution in [2.24, 2.45) is 5.92 Å². The van der Waals surface area contributed by atoms with Crippen molar-refractivity contribution in [3.8, 4) is 5.75 Å². The van der Waals surface area contributed by atoms with E-state index in [1.54, 1.807) is 11.3 Å². The lowest BCUT2D eigenvalue weighted by Gasteiger charge is -2.25.